The van der Waals surface area contributed by atoms with Crippen molar-refractivity contribution in [2.75, 3.05) is 19.5 Å². The monoisotopic (exact) mass is 446 g/mol. The molecule has 0 unspecified atom stereocenters. The highest BCUT2D eigenvalue weighted by molar-refractivity contribution is 7.88. The van der Waals surface area contributed by atoms with Gasteiger partial charge in [-0.05, 0) is 48.9 Å². The number of primary amides is 1. The molecule has 0 spiro atoms. The summed E-state index contributed by atoms with van der Waals surface area (Å²) in [5, 5.41) is 0. The number of sulfonamides is 1. The van der Waals surface area contributed by atoms with Crippen molar-refractivity contribution >= 4 is 15.9 Å². The molecule has 7 nitrogen and oxygen atoms in total. The van der Waals surface area contributed by atoms with Crippen LogP contribution in [-0.4, -0.2) is 39.8 Å². The van der Waals surface area contributed by atoms with E-state index >= 15 is 0 Å². The molecule has 1 aliphatic rings. The van der Waals surface area contributed by atoms with Crippen LogP contribution >= 0.6 is 0 Å². The van der Waals surface area contributed by atoms with Gasteiger partial charge in [0.05, 0.1) is 24.9 Å². The Bertz CT molecular complexity index is 980. The van der Waals surface area contributed by atoms with Crippen molar-refractivity contribution in [2.45, 2.75) is 38.3 Å². The van der Waals surface area contributed by atoms with Gasteiger partial charge in [-0.2, -0.15) is 0 Å². The van der Waals surface area contributed by atoms with Crippen LogP contribution in [0.25, 0.3) is 0 Å². The first kappa shape index (κ1) is 23.2. The van der Waals surface area contributed by atoms with Gasteiger partial charge in [0.2, 0.25) is 15.9 Å². The van der Waals surface area contributed by atoms with E-state index in [0.717, 1.165) is 23.1 Å². The molecule has 168 valence electrons. The summed E-state index contributed by atoms with van der Waals surface area (Å²) < 4.78 is 37.2. The van der Waals surface area contributed by atoms with Gasteiger partial charge in [0.25, 0.3) is 0 Å². The summed E-state index contributed by atoms with van der Waals surface area (Å²) >= 11 is 0. The summed E-state index contributed by atoms with van der Waals surface area (Å²) in [7, 11) is -3.33. The molecule has 31 heavy (non-hydrogen) atoms. The van der Waals surface area contributed by atoms with E-state index in [1.807, 2.05) is 54.6 Å². The second kappa shape index (κ2) is 10.3. The highest BCUT2D eigenvalue weighted by atomic mass is 32.2. The molecule has 1 amide bonds. The molecule has 1 fully saturated rings. The first-order valence-electron chi connectivity index (χ1n) is 10.4. The third kappa shape index (κ3) is 7.05. The largest absolute Gasteiger partial charge is 0.489 e. The molecule has 0 aromatic heterocycles. The number of nitrogens with two attached hydrogens (primary N) is 1. The third-order valence-corrected chi connectivity index (χ3v) is 6.33. The topological polar surface area (TPSA) is 108 Å². The molecule has 0 saturated heterocycles. The van der Waals surface area contributed by atoms with E-state index in [1.54, 1.807) is 0 Å². The van der Waals surface area contributed by atoms with Crippen LogP contribution in [-0.2, 0) is 32.6 Å². The number of hydrogen-bond acceptors (Lipinski definition) is 5. The first-order chi connectivity index (χ1) is 14.8. The minimum atomic E-state index is -3.33. The molecular formula is C23H30N2O5S. The zero-order valence-electron chi connectivity index (χ0n) is 17.8. The molecule has 2 aromatic rings. The second-order valence-electron chi connectivity index (χ2n) is 8.20. The van der Waals surface area contributed by atoms with Gasteiger partial charge in [-0.25, -0.2) is 13.1 Å². The Hall–Kier alpha value is -2.42. The van der Waals surface area contributed by atoms with Gasteiger partial charge in [0, 0.05) is 6.04 Å². The highest BCUT2D eigenvalue weighted by Gasteiger charge is 2.45. The van der Waals surface area contributed by atoms with Crippen molar-refractivity contribution in [3.8, 4) is 5.75 Å². The number of amides is 1. The molecule has 0 radical (unpaired) electrons. The average Bonchev–Trinajstić information content (AvgIpc) is 3.13. The third-order valence-electron chi connectivity index (χ3n) is 5.57. The van der Waals surface area contributed by atoms with Crippen molar-refractivity contribution in [1.82, 2.24) is 4.72 Å². The van der Waals surface area contributed by atoms with Crippen LogP contribution in [0.3, 0.4) is 0 Å². The normalized spacial score (nSPS) is 21.1. The SMILES string of the molecule is CS(=O)(=O)N[C@H]1CC[C@](COCCc2cccc(OCc3ccccc3)c2)(C(N)=O)C1. The van der Waals surface area contributed by atoms with Gasteiger partial charge in [-0.3, -0.25) is 4.79 Å². The number of rotatable bonds is 11. The van der Waals surface area contributed by atoms with Crippen molar-refractivity contribution < 1.29 is 22.7 Å². The maximum absolute atomic E-state index is 12.1. The van der Waals surface area contributed by atoms with E-state index in [4.69, 9.17) is 15.2 Å². The molecule has 3 rings (SSSR count). The van der Waals surface area contributed by atoms with Crippen molar-refractivity contribution in [3.05, 3.63) is 65.7 Å². The lowest BCUT2D eigenvalue weighted by atomic mass is 9.86. The van der Waals surface area contributed by atoms with Crippen LogP contribution in [0.5, 0.6) is 5.75 Å². The number of benzene rings is 2. The lowest BCUT2D eigenvalue weighted by Gasteiger charge is -2.25. The van der Waals surface area contributed by atoms with Crippen LogP contribution in [0.4, 0.5) is 0 Å². The zero-order chi connectivity index (χ0) is 22.3. The van der Waals surface area contributed by atoms with Crippen LogP contribution in [0.1, 0.15) is 30.4 Å². The Balaban J connectivity index is 1.47. The number of carbonyl (C=O) groups excluding carboxylic acids is 1. The van der Waals surface area contributed by atoms with Crippen LogP contribution in [0, 0.1) is 5.41 Å². The average molecular weight is 447 g/mol. The van der Waals surface area contributed by atoms with Gasteiger partial charge < -0.3 is 15.2 Å². The van der Waals surface area contributed by atoms with E-state index in [1.165, 1.54) is 0 Å². The summed E-state index contributed by atoms with van der Waals surface area (Å²) in [6.45, 7) is 1.13. The summed E-state index contributed by atoms with van der Waals surface area (Å²) in [5.41, 5.74) is 6.99. The molecule has 2 aromatic carbocycles. The van der Waals surface area contributed by atoms with Crippen LogP contribution in [0.2, 0.25) is 0 Å². The second-order valence-corrected chi connectivity index (χ2v) is 9.98. The fraction of sp³-hybridized carbons (Fsp3) is 0.435. The Morgan fingerprint density at radius 2 is 1.90 bits per heavy atom. The Morgan fingerprint density at radius 3 is 2.61 bits per heavy atom. The Labute approximate surface area is 184 Å². The van der Waals surface area contributed by atoms with E-state index < -0.39 is 21.3 Å². The van der Waals surface area contributed by atoms with Gasteiger partial charge in [0.1, 0.15) is 12.4 Å². The van der Waals surface area contributed by atoms with Crippen LogP contribution in [0.15, 0.2) is 54.6 Å². The minimum absolute atomic E-state index is 0.189. The molecule has 0 heterocycles. The molecule has 1 saturated carbocycles. The summed E-state index contributed by atoms with van der Waals surface area (Å²) in [6, 6.07) is 17.5. The smallest absolute Gasteiger partial charge is 0.226 e. The predicted molar refractivity (Wildman–Crippen MR) is 119 cm³/mol. The van der Waals surface area contributed by atoms with E-state index in [9.17, 15) is 13.2 Å². The van der Waals surface area contributed by atoms with Crippen molar-refractivity contribution in [3.63, 3.8) is 0 Å². The van der Waals surface area contributed by atoms with Crippen molar-refractivity contribution in [1.29, 1.82) is 0 Å². The van der Waals surface area contributed by atoms with Gasteiger partial charge in [-0.15, -0.1) is 0 Å². The summed E-state index contributed by atoms with van der Waals surface area (Å²) in [4.78, 5) is 12.1. The van der Waals surface area contributed by atoms with E-state index in [0.29, 0.717) is 38.9 Å². The Morgan fingerprint density at radius 1 is 1.16 bits per heavy atom. The summed E-state index contributed by atoms with van der Waals surface area (Å²) in [5.74, 6) is 0.349. The molecule has 8 heteroatoms. The quantitative estimate of drug-likeness (QED) is 0.516. The highest BCUT2D eigenvalue weighted by Crippen LogP contribution is 2.38. The minimum Gasteiger partial charge on any atom is -0.489 e. The van der Waals surface area contributed by atoms with Gasteiger partial charge in [-0.1, -0.05) is 42.5 Å². The molecule has 0 aliphatic heterocycles. The Kier molecular flexibility index (Phi) is 7.69. The molecule has 0 bridgehead atoms. The molecule has 1 aliphatic carbocycles. The molecular weight excluding hydrogens is 416 g/mol. The van der Waals surface area contributed by atoms with E-state index in [2.05, 4.69) is 4.72 Å². The summed E-state index contributed by atoms with van der Waals surface area (Å²) in [6.07, 6.45) is 3.23. The molecule has 3 N–H and O–H groups in total. The van der Waals surface area contributed by atoms with Gasteiger partial charge in [0.15, 0.2) is 0 Å². The maximum atomic E-state index is 12.1. The predicted octanol–water partition coefficient (Wildman–Crippen LogP) is 2.40. The fourth-order valence-electron chi connectivity index (χ4n) is 3.94. The van der Waals surface area contributed by atoms with Crippen molar-refractivity contribution in [2.24, 2.45) is 11.1 Å². The van der Waals surface area contributed by atoms with E-state index in [-0.39, 0.29) is 12.6 Å². The molecule has 2 atom stereocenters. The lowest BCUT2D eigenvalue weighted by Crippen LogP contribution is -2.41. The maximum Gasteiger partial charge on any atom is 0.226 e. The number of hydrogen-bond donors (Lipinski definition) is 2. The standard InChI is InChI=1S/C23H30N2O5S/c1-31(27,28)25-20-10-12-23(15-20,22(24)26)17-29-13-11-18-8-5-9-21(14-18)30-16-19-6-3-2-4-7-19/h2-9,14,20,25H,10-13,15-17H2,1H3,(H2,24,26)/t20-,23-/m0/s1. The lowest BCUT2D eigenvalue weighted by molar-refractivity contribution is -0.131. The van der Waals surface area contributed by atoms with Crippen LogP contribution < -0.4 is 15.2 Å². The number of nitrogens with one attached hydrogen (secondary N) is 1. The number of carbonyl (C=O) groups is 1. The zero-order valence-corrected chi connectivity index (χ0v) is 18.6. The number of ether oxygens (including phenoxy) is 2. The van der Waals surface area contributed by atoms with Gasteiger partial charge >= 0.3 is 0 Å². The fourth-order valence-corrected chi connectivity index (χ4v) is 4.75. The first-order valence-corrected chi connectivity index (χ1v) is 12.3.